The van der Waals surface area contributed by atoms with Crippen LogP contribution < -0.4 is 5.32 Å². The third-order valence-corrected chi connectivity index (χ3v) is 3.11. The lowest BCUT2D eigenvalue weighted by molar-refractivity contribution is 0.0709. The van der Waals surface area contributed by atoms with Gasteiger partial charge in [-0.3, -0.25) is 4.79 Å². The number of nitrogens with one attached hydrogen (secondary N) is 1. The van der Waals surface area contributed by atoms with Gasteiger partial charge in [-0.25, -0.2) is 0 Å². The number of thiophene rings is 1. The maximum absolute atomic E-state index is 11.9. The maximum Gasteiger partial charge on any atom is 0.254 e. The molecule has 1 fully saturated rings. The van der Waals surface area contributed by atoms with Gasteiger partial charge >= 0.3 is 0 Å². The molecule has 1 N–H and O–H groups in total. The molecule has 2 rings (SSSR count). The van der Waals surface area contributed by atoms with Crippen molar-refractivity contribution in [2.24, 2.45) is 0 Å². The van der Waals surface area contributed by atoms with Crippen LogP contribution >= 0.6 is 23.7 Å². The summed E-state index contributed by atoms with van der Waals surface area (Å²) in [6.07, 6.45) is 0. The zero-order valence-electron chi connectivity index (χ0n) is 8.60. The highest BCUT2D eigenvalue weighted by molar-refractivity contribution is 7.08. The molecule has 1 saturated heterocycles. The summed E-state index contributed by atoms with van der Waals surface area (Å²) >= 11 is 1.57. The number of carbonyl (C=O) groups is 1. The van der Waals surface area contributed by atoms with Crippen LogP contribution in [0, 0.1) is 0 Å². The smallest absolute Gasteiger partial charge is 0.254 e. The van der Waals surface area contributed by atoms with Crippen LogP contribution in [-0.4, -0.2) is 36.5 Å². The molecule has 0 saturated carbocycles. The molecule has 0 radical (unpaired) electrons. The third kappa shape index (κ3) is 2.93. The Balaban J connectivity index is 0.00000112. The zero-order valence-corrected chi connectivity index (χ0v) is 10.2. The summed E-state index contributed by atoms with van der Waals surface area (Å²) in [5.41, 5.74) is 0.823. The molecule has 0 aliphatic carbocycles. The summed E-state index contributed by atoms with van der Waals surface area (Å²) in [5, 5.41) is 7.18. The lowest BCUT2D eigenvalue weighted by Crippen LogP contribution is -2.51. The number of rotatable bonds is 1. The Labute approximate surface area is 99.9 Å². The predicted molar refractivity (Wildman–Crippen MR) is 64.9 cm³/mol. The van der Waals surface area contributed by atoms with Gasteiger partial charge in [-0.05, 0) is 18.4 Å². The van der Waals surface area contributed by atoms with E-state index in [0.29, 0.717) is 6.04 Å². The van der Waals surface area contributed by atoms with E-state index < -0.39 is 0 Å². The summed E-state index contributed by atoms with van der Waals surface area (Å²) in [6, 6.07) is 2.30. The average Bonchev–Trinajstić information content (AvgIpc) is 2.69. The standard InChI is InChI=1S/C10H14N2OS.ClH/c1-8-6-12(4-3-11-8)10(13)9-2-5-14-7-9;/h2,5,7-8,11H,3-4,6H2,1H3;1H/t8-;/m1./s1. The fraction of sp³-hybridized carbons (Fsp3) is 0.500. The van der Waals surface area contributed by atoms with Crippen LogP contribution in [0.2, 0.25) is 0 Å². The van der Waals surface area contributed by atoms with Gasteiger partial charge in [0.05, 0.1) is 5.56 Å². The molecular weight excluding hydrogens is 232 g/mol. The Morgan fingerprint density at radius 2 is 2.47 bits per heavy atom. The first kappa shape index (κ1) is 12.5. The Bertz CT molecular complexity index is 315. The van der Waals surface area contributed by atoms with Gasteiger partial charge in [-0.2, -0.15) is 11.3 Å². The lowest BCUT2D eigenvalue weighted by Gasteiger charge is -2.31. The summed E-state index contributed by atoms with van der Waals surface area (Å²) in [5.74, 6) is 0.166. The Morgan fingerprint density at radius 3 is 3.07 bits per heavy atom. The van der Waals surface area contributed by atoms with Crippen molar-refractivity contribution in [1.29, 1.82) is 0 Å². The molecule has 2 heterocycles. The third-order valence-electron chi connectivity index (χ3n) is 2.42. The molecule has 5 heteroatoms. The normalized spacial score (nSPS) is 20.9. The highest BCUT2D eigenvalue weighted by atomic mass is 35.5. The van der Waals surface area contributed by atoms with E-state index in [2.05, 4.69) is 12.2 Å². The van der Waals surface area contributed by atoms with Gasteiger partial charge in [0, 0.05) is 31.1 Å². The SMILES string of the molecule is C[C@@H]1CN(C(=O)c2ccsc2)CCN1.Cl. The molecule has 3 nitrogen and oxygen atoms in total. The van der Waals surface area contributed by atoms with E-state index in [1.54, 1.807) is 11.3 Å². The number of hydrogen-bond donors (Lipinski definition) is 1. The molecule has 1 aliphatic heterocycles. The van der Waals surface area contributed by atoms with E-state index in [1.807, 2.05) is 21.7 Å². The predicted octanol–water partition coefficient (Wildman–Crippen LogP) is 1.60. The molecule has 1 amide bonds. The zero-order chi connectivity index (χ0) is 9.97. The van der Waals surface area contributed by atoms with Crippen molar-refractivity contribution in [3.63, 3.8) is 0 Å². The van der Waals surface area contributed by atoms with Gasteiger partial charge < -0.3 is 10.2 Å². The van der Waals surface area contributed by atoms with Gasteiger partial charge in [-0.15, -0.1) is 12.4 Å². The molecule has 1 aliphatic rings. The van der Waals surface area contributed by atoms with E-state index >= 15 is 0 Å². The van der Waals surface area contributed by atoms with Crippen LogP contribution in [-0.2, 0) is 0 Å². The van der Waals surface area contributed by atoms with Crippen molar-refractivity contribution < 1.29 is 4.79 Å². The van der Waals surface area contributed by atoms with Crippen LogP contribution in [0.1, 0.15) is 17.3 Å². The summed E-state index contributed by atoms with van der Waals surface area (Å²) in [6.45, 7) is 4.64. The lowest BCUT2D eigenvalue weighted by atomic mass is 10.2. The number of piperazine rings is 1. The van der Waals surface area contributed by atoms with E-state index in [0.717, 1.165) is 25.2 Å². The van der Waals surface area contributed by atoms with Crippen molar-refractivity contribution in [2.45, 2.75) is 13.0 Å². The Morgan fingerprint density at radius 1 is 1.67 bits per heavy atom. The molecule has 1 aromatic heterocycles. The molecule has 0 bridgehead atoms. The van der Waals surface area contributed by atoms with Crippen LogP contribution in [0.15, 0.2) is 16.8 Å². The second-order valence-electron chi connectivity index (χ2n) is 3.62. The summed E-state index contributed by atoms with van der Waals surface area (Å²) < 4.78 is 0. The Hall–Kier alpha value is -0.580. The van der Waals surface area contributed by atoms with Crippen molar-refractivity contribution in [1.82, 2.24) is 10.2 Å². The van der Waals surface area contributed by atoms with Gasteiger partial charge in [-0.1, -0.05) is 0 Å². The molecule has 1 atom stereocenters. The van der Waals surface area contributed by atoms with E-state index in [9.17, 15) is 4.79 Å². The average molecular weight is 247 g/mol. The number of carbonyl (C=O) groups excluding carboxylic acids is 1. The van der Waals surface area contributed by atoms with E-state index in [1.165, 1.54) is 0 Å². The molecule has 0 aromatic carbocycles. The van der Waals surface area contributed by atoms with Crippen LogP contribution in [0.25, 0.3) is 0 Å². The van der Waals surface area contributed by atoms with Gasteiger partial charge in [0.15, 0.2) is 0 Å². The minimum atomic E-state index is 0. The molecule has 0 unspecified atom stereocenters. The highest BCUT2D eigenvalue weighted by Crippen LogP contribution is 2.11. The minimum Gasteiger partial charge on any atom is -0.336 e. The topological polar surface area (TPSA) is 32.3 Å². The number of nitrogens with zero attached hydrogens (tertiary/aromatic N) is 1. The van der Waals surface area contributed by atoms with Gasteiger partial charge in [0.1, 0.15) is 0 Å². The first-order valence-electron chi connectivity index (χ1n) is 4.82. The molecule has 15 heavy (non-hydrogen) atoms. The molecular formula is C10H15ClN2OS. The largest absolute Gasteiger partial charge is 0.336 e. The van der Waals surface area contributed by atoms with Crippen LogP contribution in [0.5, 0.6) is 0 Å². The minimum absolute atomic E-state index is 0. The molecule has 1 aromatic rings. The molecule has 84 valence electrons. The highest BCUT2D eigenvalue weighted by Gasteiger charge is 2.21. The van der Waals surface area contributed by atoms with Crippen molar-refractivity contribution >= 4 is 29.7 Å². The van der Waals surface area contributed by atoms with Crippen molar-refractivity contribution in [2.75, 3.05) is 19.6 Å². The number of hydrogen-bond acceptors (Lipinski definition) is 3. The summed E-state index contributed by atoms with van der Waals surface area (Å²) in [7, 11) is 0. The van der Waals surface area contributed by atoms with E-state index in [4.69, 9.17) is 0 Å². The molecule has 0 spiro atoms. The fourth-order valence-electron chi connectivity index (χ4n) is 1.69. The number of amides is 1. The first-order valence-corrected chi connectivity index (χ1v) is 5.76. The fourth-order valence-corrected chi connectivity index (χ4v) is 2.32. The van der Waals surface area contributed by atoms with Crippen LogP contribution in [0.3, 0.4) is 0 Å². The van der Waals surface area contributed by atoms with Gasteiger partial charge in [0.2, 0.25) is 0 Å². The Kier molecular flexibility index (Phi) is 4.57. The van der Waals surface area contributed by atoms with Gasteiger partial charge in [0.25, 0.3) is 5.91 Å². The second-order valence-corrected chi connectivity index (χ2v) is 4.40. The first-order chi connectivity index (χ1) is 6.77. The maximum atomic E-state index is 11.9. The van der Waals surface area contributed by atoms with Crippen molar-refractivity contribution in [3.8, 4) is 0 Å². The van der Waals surface area contributed by atoms with E-state index in [-0.39, 0.29) is 18.3 Å². The second kappa shape index (κ2) is 5.49. The number of halogens is 1. The van der Waals surface area contributed by atoms with Crippen molar-refractivity contribution in [3.05, 3.63) is 22.4 Å². The monoisotopic (exact) mass is 246 g/mol. The quantitative estimate of drug-likeness (QED) is 0.817. The van der Waals surface area contributed by atoms with Crippen LogP contribution in [0.4, 0.5) is 0 Å². The summed E-state index contributed by atoms with van der Waals surface area (Å²) in [4.78, 5) is 13.8.